The van der Waals surface area contributed by atoms with Crippen LogP contribution in [0.25, 0.3) is 22.2 Å². The number of nitrogens with one attached hydrogen (secondary N) is 1. The minimum Gasteiger partial charge on any atom is -0.391 e. The van der Waals surface area contributed by atoms with Gasteiger partial charge in [0.05, 0.1) is 23.6 Å². The molecule has 3 aliphatic heterocycles. The van der Waals surface area contributed by atoms with E-state index in [-0.39, 0.29) is 17.9 Å². The van der Waals surface area contributed by atoms with Gasteiger partial charge in [0.1, 0.15) is 11.5 Å². The second-order valence-corrected chi connectivity index (χ2v) is 6.54. The third kappa shape index (κ3) is 1.71. The highest BCUT2D eigenvalue weighted by atomic mass is 16.3. The van der Waals surface area contributed by atoms with E-state index in [1.54, 1.807) is 4.57 Å². The lowest BCUT2D eigenvalue weighted by Gasteiger charge is -2.40. The second kappa shape index (κ2) is 4.55. The molecule has 0 amide bonds. The van der Waals surface area contributed by atoms with E-state index in [9.17, 15) is 9.90 Å². The topological polar surface area (TPSA) is 67.2 Å². The van der Waals surface area contributed by atoms with Crippen LogP contribution in [-0.2, 0) is 0 Å². The van der Waals surface area contributed by atoms with Gasteiger partial charge in [0.15, 0.2) is 0 Å². The maximum Gasteiger partial charge on any atom is 0.237 e. The van der Waals surface area contributed by atoms with Gasteiger partial charge in [-0.15, -0.1) is 0 Å². The van der Waals surface area contributed by atoms with Crippen LogP contribution in [0.2, 0.25) is 0 Å². The molecule has 1 aliphatic carbocycles. The number of nitrogens with zero attached hydrogens (tertiary/aromatic N) is 2. The standard InChI is InChI=1S/C18H17N3O2/c22-14-7-3-5-12-15(14)20-17-16-11(8-9-21(17)18(12)23)10-4-1-2-6-13(10)19-16/h1-2,4,6,8-9,12,14-15,20,22H,3,5,7H2. The van der Waals surface area contributed by atoms with E-state index < -0.39 is 6.10 Å². The number of aliphatic hydroxyl groups is 1. The Bertz CT molecular complexity index is 901. The lowest BCUT2D eigenvalue weighted by Crippen LogP contribution is -2.52. The molecule has 1 saturated carbocycles. The molecule has 0 radical (unpaired) electrons. The smallest absolute Gasteiger partial charge is 0.237 e. The van der Waals surface area contributed by atoms with Crippen molar-refractivity contribution in [2.45, 2.75) is 31.4 Å². The molecule has 3 unspecified atom stereocenters. The molecule has 5 rings (SSSR count). The highest BCUT2D eigenvalue weighted by Crippen LogP contribution is 2.41. The number of anilines is 1. The van der Waals surface area contributed by atoms with Crippen molar-refractivity contribution in [1.82, 2.24) is 9.55 Å². The van der Waals surface area contributed by atoms with E-state index >= 15 is 0 Å². The predicted octanol–water partition coefficient (Wildman–Crippen LogP) is 2.74. The Hall–Kier alpha value is -2.40. The van der Waals surface area contributed by atoms with E-state index in [0.717, 1.165) is 41.4 Å². The number of carbonyl (C=O) groups excluding carboxylic acids is 1. The number of aromatic nitrogens is 2. The number of fused-ring (bicyclic) bond motifs is 6. The molecule has 1 aromatic rings. The Morgan fingerprint density at radius 1 is 1.22 bits per heavy atom. The summed E-state index contributed by atoms with van der Waals surface area (Å²) in [7, 11) is 0. The monoisotopic (exact) mass is 307 g/mol. The molecule has 3 heterocycles. The maximum absolute atomic E-state index is 12.8. The van der Waals surface area contributed by atoms with E-state index in [2.05, 4.69) is 5.32 Å². The van der Waals surface area contributed by atoms with Crippen molar-refractivity contribution in [2.24, 2.45) is 5.92 Å². The molecule has 2 N–H and O–H groups in total. The fourth-order valence-corrected chi connectivity index (χ4v) is 4.10. The Kier molecular flexibility index (Phi) is 2.59. The molecule has 116 valence electrons. The molecule has 0 aromatic heterocycles. The molecule has 5 nitrogen and oxygen atoms in total. The van der Waals surface area contributed by atoms with Gasteiger partial charge in [-0.2, -0.15) is 0 Å². The van der Waals surface area contributed by atoms with Crippen LogP contribution in [0.4, 0.5) is 5.82 Å². The first kappa shape index (κ1) is 13.1. The molecule has 0 spiro atoms. The van der Waals surface area contributed by atoms with Crippen molar-refractivity contribution >= 4 is 22.6 Å². The number of aliphatic hydroxyl groups excluding tert-OH is 1. The summed E-state index contributed by atoms with van der Waals surface area (Å²) in [5.41, 5.74) is 2.77. The quantitative estimate of drug-likeness (QED) is 0.670. The van der Waals surface area contributed by atoms with Crippen LogP contribution in [0, 0.1) is 5.92 Å². The van der Waals surface area contributed by atoms with Crippen molar-refractivity contribution in [3.8, 4) is 11.3 Å². The van der Waals surface area contributed by atoms with Gasteiger partial charge in [0.2, 0.25) is 5.91 Å². The summed E-state index contributed by atoms with van der Waals surface area (Å²) in [6, 6.07) is 9.75. The zero-order chi connectivity index (χ0) is 15.6. The van der Waals surface area contributed by atoms with Crippen LogP contribution < -0.4 is 5.32 Å². The van der Waals surface area contributed by atoms with Crippen molar-refractivity contribution in [1.29, 1.82) is 0 Å². The number of rotatable bonds is 0. The summed E-state index contributed by atoms with van der Waals surface area (Å²) in [5.74, 6) is 0.625. The SMILES string of the molecule is O=C1C2CCCC(O)C2Nc2c3nc4ccccc4c-3ccn21. The summed E-state index contributed by atoms with van der Waals surface area (Å²) in [6.45, 7) is 0. The Labute approximate surface area is 133 Å². The number of hydrogen-bond donors (Lipinski definition) is 2. The van der Waals surface area contributed by atoms with Crippen molar-refractivity contribution in [2.75, 3.05) is 5.32 Å². The van der Waals surface area contributed by atoms with Crippen LogP contribution in [0.1, 0.15) is 24.1 Å². The minimum absolute atomic E-state index is 0.0662. The number of carbonyl (C=O) groups is 1. The number of para-hydroxylation sites is 1. The van der Waals surface area contributed by atoms with E-state index in [1.807, 2.05) is 36.5 Å². The van der Waals surface area contributed by atoms with Gasteiger partial charge in [-0.25, -0.2) is 4.98 Å². The molecule has 1 aromatic carbocycles. The van der Waals surface area contributed by atoms with Gasteiger partial charge in [0, 0.05) is 17.1 Å². The van der Waals surface area contributed by atoms with Gasteiger partial charge >= 0.3 is 0 Å². The lowest BCUT2D eigenvalue weighted by atomic mass is 9.80. The van der Waals surface area contributed by atoms with Crippen molar-refractivity contribution in [3.63, 3.8) is 0 Å². The van der Waals surface area contributed by atoms with Crippen molar-refractivity contribution in [3.05, 3.63) is 36.5 Å². The van der Waals surface area contributed by atoms with Gasteiger partial charge in [-0.3, -0.25) is 9.36 Å². The zero-order valence-corrected chi connectivity index (χ0v) is 12.6. The largest absolute Gasteiger partial charge is 0.391 e. The molecular weight excluding hydrogens is 290 g/mol. The second-order valence-electron chi connectivity index (χ2n) is 6.54. The first-order chi connectivity index (χ1) is 11.2. The molecule has 0 saturated heterocycles. The molecular formula is C18H17N3O2. The van der Waals surface area contributed by atoms with Crippen LogP contribution >= 0.6 is 0 Å². The van der Waals surface area contributed by atoms with Crippen LogP contribution in [0.5, 0.6) is 0 Å². The zero-order valence-electron chi connectivity index (χ0n) is 12.6. The number of hydrogen-bond acceptors (Lipinski definition) is 4. The molecule has 5 heteroatoms. The molecule has 3 atom stereocenters. The molecule has 1 fully saturated rings. The highest BCUT2D eigenvalue weighted by molar-refractivity contribution is 6.02. The third-order valence-electron chi connectivity index (χ3n) is 5.26. The Balaban J connectivity index is 1.75. The first-order valence-corrected chi connectivity index (χ1v) is 8.12. The highest BCUT2D eigenvalue weighted by Gasteiger charge is 2.42. The third-order valence-corrected chi connectivity index (χ3v) is 5.26. The fourth-order valence-electron chi connectivity index (χ4n) is 4.10. The summed E-state index contributed by atoms with van der Waals surface area (Å²) in [4.78, 5) is 17.5. The average molecular weight is 307 g/mol. The summed E-state index contributed by atoms with van der Waals surface area (Å²) in [6.07, 6.45) is 3.82. The lowest BCUT2D eigenvalue weighted by molar-refractivity contribution is 0.0534. The maximum atomic E-state index is 12.8. The van der Waals surface area contributed by atoms with Gasteiger partial charge in [-0.05, 0) is 31.4 Å². The van der Waals surface area contributed by atoms with E-state index in [4.69, 9.17) is 4.98 Å². The predicted molar refractivity (Wildman–Crippen MR) is 87.7 cm³/mol. The Morgan fingerprint density at radius 3 is 3.00 bits per heavy atom. The first-order valence-electron chi connectivity index (χ1n) is 8.12. The van der Waals surface area contributed by atoms with E-state index in [0.29, 0.717) is 5.82 Å². The minimum atomic E-state index is -0.480. The Morgan fingerprint density at radius 2 is 2.09 bits per heavy atom. The summed E-state index contributed by atoms with van der Waals surface area (Å²) in [5, 5.41) is 14.8. The normalized spacial score (nSPS) is 26.8. The van der Waals surface area contributed by atoms with Crippen LogP contribution in [0.15, 0.2) is 36.5 Å². The van der Waals surface area contributed by atoms with E-state index in [1.165, 1.54) is 0 Å². The molecule has 23 heavy (non-hydrogen) atoms. The van der Waals surface area contributed by atoms with Crippen LogP contribution in [-0.4, -0.2) is 32.7 Å². The van der Waals surface area contributed by atoms with Crippen LogP contribution in [0.3, 0.4) is 0 Å². The summed E-state index contributed by atoms with van der Waals surface area (Å²) < 4.78 is 1.67. The molecule has 0 bridgehead atoms. The van der Waals surface area contributed by atoms with Gasteiger partial charge < -0.3 is 10.4 Å². The number of benzene rings is 1. The van der Waals surface area contributed by atoms with Crippen molar-refractivity contribution < 1.29 is 9.90 Å². The fraction of sp³-hybridized carbons (Fsp3) is 0.333. The average Bonchev–Trinajstić information content (AvgIpc) is 2.95. The molecule has 4 aliphatic rings. The number of pyridine rings is 1. The van der Waals surface area contributed by atoms with Gasteiger partial charge in [-0.1, -0.05) is 18.2 Å². The van der Waals surface area contributed by atoms with Gasteiger partial charge in [0.25, 0.3) is 0 Å². The summed E-state index contributed by atoms with van der Waals surface area (Å²) >= 11 is 0.